The van der Waals surface area contributed by atoms with Crippen molar-refractivity contribution in [2.75, 3.05) is 19.7 Å². The molecule has 0 radical (unpaired) electrons. The lowest BCUT2D eigenvalue weighted by atomic mass is 9.97. The van der Waals surface area contributed by atoms with Crippen molar-refractivity contribution in [3.63, 3.8) is 0 Å². The van der Waals surface area contributed by atoms with Crippen LogP contribution in [-0.2, 0) is 16.1 Å². The van der Waals surface area contributed by atoms with Crippen molar-refractivity contribution in [2.45, 2.75) is 26.3 Å². The van der Waals surface area contributed by atoms with Crippen LogP contribution in [0.2, 0.25) is 0 Å². The molecule has 1 fully saturated rings. The van der Waals surface area contributed by atoms with Gasteiger partial charge in [0.15, 0.2) is 0 Å². The molecule has 0 spiro atoms. The normalized spacial score (nSPS) is 19.3. The van der Waals surface area contributed by atoms with E-state index in [2.05, 4.69) is 11.0 Å². The number of hydrogen-bond donors (Lipinski definition) is 0. The zero-order valence-electron chi connectivity index (χ0n) is 11.8. The summed E-state index contributed by atoms with van der Waals surface area (Å²) in [6, 6.07) is 9.75. The topological polar surface area (TPSA) is 53.3 Å². The summed E-state index contributed by atoms with van der Waals surface area (Å²) in [7, 11) is 0. The third kappa shape index (κ3) is 3.82. The molecule has 20 heavy (non-hydrogen) atoms. The Bertz CT molecular complexity index is 490. The van der Waals surface area contributed by atoms with Gasteiger partial charge >= 0.3 is 5.97 Å². The summed E-state index contributed by atoms with van der Waals surface area (Å²) in [6.45, 7) is 4.89. The van der Waals surface area contributed by atoms with Crippen molar-refractivity contribution < 1.29 is 9.53 Å². The van der Waals surface area contributed by atoms with Crippen molar-refractivity contribution in [1.82, 2.24) is 4.90 Å². The van der Waals surface area contributed by atoms with Crippen molar-refractivity contribution in [2.24, 2.45) is 5.92 Å². The van der Waals surface area contributed by atoms with Gasteiger partial charge in [-0.1, -0.05) is 12.1 Å². The number of hydrogen-bond acceptors (Lipinski definition) is 4. The number of esters is 1. The number of piperidine rings is 1. The first-order valence-electron chi connectivity index (χ1n) is 7.11. The van der Waals surface area contributed by atoms with Crippen LogP contribution in [0.5, 0.6) is 0 Å². The van der Waals surface area contributed by atoms with Gasteiger partial charge in [-0.05, 0) is 44.0 Å². The predicted molar refractivity (Wildman–Crippen MR) is 75.8 cm³/mol. The SMILES string of the molecule is CCOC(=O)[C@H]1CCCN(Cc2ccc(C#N)cc2)C1. The van der Waals surface area contributed by atoms with Gasteiger partial charge < -0.3 is 4.74 Å². The first kappa shape index (κ1) is 14.5. The van der Waals surface area contributed by atoms with Crippen LogP contribution in [0.25, 0.3) is 0 Å². The molecule has 1 aliphatic rings. The zero-order valence-corrected chi connectivity index (χ0v) is 11.8. The molecule has 4 heteroatoms. The average molecular weight is 272 g/mol. The van der Waals surface area contributed by atoms with Crippen LogP contribution in [0.4, 0.5) is 0 Å². The average Bonchev–Trinajstić information content (AvgIpc) is 2.48. The van der Waals surface area contributed by atoms with E-state index in [1.54, 1.807) is 0 Å². The van der Waals surface area contributed by atoms with Crippen molar-refractivity contribution in [1.29, 1.82) is 5.26 Å². The summed E-state index contributed by atoms with van der Waals surface area (Å²) in [5.41, 5.74) is 1.85. The molecule has 0 bridgehead atoms. The van der Waals surface area contributed by atoms with Crippen LogP contribution in [0.1, 0.15) is 30.9 Å². The van der Waals surface area contributed by atoms with Crippen LogP contribution in [-0.4, -0.2) is 30.6 Å². The molecule has 106 valence electrons. The van der Waals surface area contributed by atoms with Gasteiger partial charge in [-0.2, -0.15) is 5.26 Å². The molecule has 0 saturated carbocycles. The molecule has 0 unspecified atom stereocenters. The highest BCUT2D eigenvalue weighted by atomic mass is 16.5. The summed E-state index contributed by atoms with van der Waals surface area (Å²) in [4.78, 5) is 14.1. The van der Waals surface area contributed by atoms with E-state index in [0.29, 0.717) is 12.2 Å². The van der Waals surface area contributed by atoms with Gasteiger partial charge in [-0.15, -0.1) is 0 Å². The van der Waals surface area contributed by atoms with Crippen LogP contribution in [0, 0.1) is 17.2 Å². The highest BCUT2D eigenvalue weighted by Crippen LogP contribution is 2.20. The first-order chi connectivity index (χ1) is 9.72. The maximum Gasteiger partial charge on any atom is 0.310 e. The van der Waals surface area contributed by atoms with Gasteiger partial charge in [0.1, 0.15) is 0 Å². The lowest BCUT2D eigenvalue weighted by molar-refractivity contribution is -0.150. The maximum atomic E-state index is 11.8. The third-order valence-corrected chi connectivity index (χ3v) is 3.61. The minimum atomic E-state index is -0.0722. The van der Waals surface area contributed by atoms with E-state index in [4.69, 9.17) is 10.00 Å². The molecule has 0 N–H and O–H groups in total. The van der Waals surface area contributed by atoms with Gasteiger partial charge in [-0.3, -0.25) is 9.69 Å². The molecule has 0 aromatic heterocycles. The molecule has 1 aromatic carbocycles. The maximum absolute atomic E-state index is 11.8. The van der Waals surface area contributed by atoms with Crippen LogP contribution in [0.3, 0.4) is 0 Å². The van der Waals surface area contributed by atoms with Gasteiger partial charge in [0.05, 0.1) is 24.2 Å². The number of likely N-dealkylation sites (tertiary alicyclic amines) is 1. The molecule has 0 amide bonds. The summed E-state index contributed by atoms with van der Waals surface area (Å²) in [6.07, 6.45) is 1.95. The quantitative estimate of drug-likeness (QED) is 0.789. The molecule has 1 atom stereocenters. The summed E-state index contributed by atoms with van der Waals surface area (Å²) in [5, 5.41) is 8.78. The van der Waals surface area contributed by atoms with Crippen molar-refractivity contribution in [3.8, 4) is 6.07 Å². The Hall–Kier alpha value is -1.86. The van der Waals surface area contributed by atoms with E-state index < -0.39 is 0 Å². The third-order valence-electron chi connectivity index (χ3n) is 3.61. The Balaban J connectivity index is 1.92. The lowest BCUT2D eigenvalue weighted by Gasteiger charge is -2.31. The Kier molecular flexibility index (Phi) is 5.14. The zero-order chi connectivity index (χ0) is 14.4. The number of benzene rings is 1. The minimum absolute atomic E-state index is 0.00193. The van der Waals surface area contributed by atoms with Gasteiger partial charge in [-0.25, -0.2) is 0 Å². The van der Waals surface area contributed by atoms with Crippen LogP contribution < -0.4 is 0 Å². The Morgan fingerprint density at radius 3 is 2.85 bits per heavy atom. The molecule has 1 aliphatic heterocycles. The standard InChI is InChI=1S/C16H20N2O2/c1-2-20-16(19)15-4-3-9-18(12-15)11-14-7-5-13(10-17)6-8-14/h5-8,15H,2-4,9,11-12H2,1H3/t15-/m0/s1. The van der Waals surface area contributed by atoms with Gasteiger partial charge in [0.25, 0.3) is 0 Å². The number of nitriles is 1. The Morgan fingerprint density at radius 1 is 1.45 bits per heavy atom. The van der Waals surface area contributed by atoms with E-state index in [-0.39, 0.29) is 11.9 Å². The van der Waals surface area contributed by atoms with Crippen molar-refractivity contribution >= 4 is 5.97 Å². The highest BCUT2D eigenvalue weighted by molar-refractivity contribution is 5.72. The monoisotopic (exact) mass is 272 g/mol. The first-order valence-corrected chi connectivity index (χ1v) is 7.11. The van der Waals surface area contributed by atoms with E-state index in [1.807, 2.05) is 31.2 Å². The Labute approximate surface area is 120 Å². The highest BCUT2D eigenvalue weighted by Gasteiger charge is 2.26. The summed E-state index contributed by atoms with van der Waals surface area (Å²) >= 11 is 0. The fourth-order valence-electron chi connectivity index (χ4n) is 2.59. The molecule has 1 saturated heterocycles. The molecule has 1 aromatic rings. The Morgan fingerprint density at radius 2 is 2.20 bits per heavy atom. The molecular weight excluding hydrogens is 252 g/mol. The summed E-state index contributed by atoms with van der Waals surface area (Å²) < 4.78 is 5.11. The molecule has 4 nitrogen and oxygen atoms in total. The molecule has 1 heterocycles. The van der Waals surface area contributed by atoms with Gasteiger partial charge in [0.2, 0.25) is 0 Å². The minimum Gasteiger partial charge on any atom is -0.466 e. The second-order valence-corrected chi connectivity index (χ2v) is 5.14. The smallest absolute Gasteiger partial charge is 0.310 e. The number of ether oxygens (including phenoxy) is 1. The lowest BCUT2D eigenvalue weighted by Crippen LogP contribution is -2.38. The van der Waals surface area contributed by atoms with Crippen molar-refractivity contribution in [3.05, 3.63) is 35.4 Å². The fraction of sp³-hybridized carbons (Fsp3) is 0.500. The molecular formula is C16H20N2O2. The van der Waals surface area contributed by atoms with E-state index >= 15 is 0 Å². The van der Waals surface area contributed by atoms with Crippen LogP contribution >= 0.6 is 0 Å². The number of carbonyl (C=O) groups excluding carboxylic acids is 1. The predicted octanol–water partition coefficient (Wildman–Crippen LogP) is 2.33. The number of rotatable bonds is 4. The summed E-state index contributed by atoms with van der Waals surface area (Å²) in [5.74, 6) is -0.0703. The second-order valence-electron chi connectivity index (χ2n) is 5.14. The van der Waals surface area contributed by atoms with Gasteiger partial charge in [0, 0.05) is 13.1 Å². The fourth-order valence-corrected chi connectivity index (χ4v) is 2.59. The van der Waals surface area contributed by atoms with E-state index in [9.17, 15) is 4.79 Å². The van der Waals surface area contributed by atoms with Crippen LogP contribution in [0.15, 0.2) is 24.3 Å². The van der Waals surface area contributed by atoms with E-state index in [1.165, 1.54) is 5.56 Å². The van der Waals surface area contributed by atoms with E-state index in [0.717, 1.165) is 32.5 Å². The molecule has 2 rings (SSSR count). The largest absolute Gasteiger partial charge is 0.466 e. The number of carbonyl (C=O) groups is 1. The number of nitrogens with zero attached hydrogens (tertiary/aromatic N) is 2. The molecule has 0 aliphatic carbocycles. The second kappa shape index (κ2) is 7.06.